The topological polar surface area (TPSA) is 75.9 Å². The molecule has 0 aromatic heterocycles. The van der Waals surface area contributed by atoms with E-state index in [1.807, 2.05) is 48.2 Å². The smallest absolute Gasteiger partial charge is 0.258 e. The zero-order chi connectivity index (χ0) is 22.8. The van der Waals surface area contributed by atoms with E-state index in [1.165, 1.54) is 0 Å². The Kier molecular flexibility index (Phi) is 5.86. The average molecular weight is 430 g/mol. The van der Waals surface area contributed by atoms with Gasteiger partial charge >= 0.3 is 0 Å². The number of hydrogen-bond donors (Lipinski definition) is 1. The number of ether oxygens (including phenoxy) is 1. The monoisotopic (exact) mass is 429 g/mol. The van der Waals surface area contributed by atoms with Gasteiger partial charge in [-0.25, -0.2) is 0 Å². The maximum atomic E-state index is 13.5. The summed E-state index contributed by atoms with van der Waals surface area (Å²) >= 11 is 0. The molecule has 0 radical (unpaired) electrons. The summed E-state index contributed by atoms with van der Waals surface area (Å²) in [5.41, 5.74) is 9.63. The first kappa shape index (κ1) is 21.4. The molecule has 1 aliphatic heterocycles. The van der Waals surface area contributed by atoms with Crippen LogP contribution < -0.4 is 20.3 Å². The Morgan fingerprint density at radius 2 is 1.66 bits per heavy atom. The maximum Gasteiger partial charge on any atom is 0.258 e. The van der Waals surface area contributed by atoms with Crippen molar-refractivity contribution >= 4 is 28.9 Å². The van der Waals surface area contributed by atoms with E-state index in [4.69, 9.17) is 10.5 Å². The predicted molar refractivity (Wildman–Crippen MR) is 127 cm³/mol. The quantitative estimate of drug-likeness (QED) is 0.604. The molecule has 6 heteroatoms. The second kappa shape index (κ2) is 8.75. The number of nitrogen functional groups attached to an aromatic ring is 1. The second-order valence-electron chi connectivity index (χ2n) is 8.04. The summed E-state index contributed by atoms with van der Waals surface area (Å²) in [7, 11) is 1.60. The molecule has 0 aliphatic carbocycles. The Morgan fingerprint density at radius 3 is 2.28 bits per heavy atom. The molecule has 3 aromatic rings. The number of carbonyl (C=O) groups is 2. The lowest BCUT2D eigenvalue weighted by atomic mass is 9.89. The number of fused-ring (bicyclic) bond motifs is 1. The van der Waals surface area contributed by atoms with Crippen LogP contribution in [0.2, 0.25) is 0 Å². The molecule has 2 N–H and O–H groups in total. The fourth-order valence-electron chi connectivity index (χ4n) is 4.42. The van der Waals surface area contributed by atoms with Gasteiger partial charge < -0.3 is 20.3 Å². The minimum Gasteiger partial charge on any atom is -0.497 e. The average Bonchev–Trinajstić information content (AvgIpc) is 2.80. The third kappa shape index (κ3) is 3.91. The molecule has 2 unspecified atom stereocenters. The van der Waals surface area contributed by atoms with Crippen LogP contribution in [0.5, 0.6) is 5.75 Å². The van der Waals surface area contributed by atoms with Crippen LogP contribution in [0.3, 0.4) is 0 Å². The number of nitrogens with two attached hydrogens (primary N) is 1. The first-order chi connectivity index (χ1) is 15.4. The fourth-order valence-corrected chi connectivity index (χ4v) is 4.42. The number of para-hydroxylation sites is 1. The van der Waals surface area contributed by atoms with E-state index >= 15 is 0 Å². The van der Waals surface area contributed by atoms with Gasteiger partial charge in [0.2, 0.25) is 5.91 Å². The molecular formula is C26H27N3O3. The molecule has 1 aliphatic rings. The van der Waals surface area contributed by atoms with E-state index in [-0.39, 0.29) is 23.9 Å². The van der Waals surface area contributed by atoms with Gasteiger partial charge in [-0.05, 0) is 73.5 Å². The van der Waals surface area contributed by atoms with Crippen LogP contribution in [-0.4, -0.2) is 25.0 Å². The van der Waals surface area contributed by atoms with E-state index in [2.05, 4.69) is 0 Å². The van der Waals surface area contributed by atoms with Gasteiger partial charge in [0.1, 0.15) is 5.75 Å². The van der Waals surface area contributed by atoms with Crippen LogP contribution in [0.15, 0.2) is 72.8 Å². The number of nitrogens with zero attached hydrogens (tertiary/aromatic N) is 2. The van der Waals surface area contributed by atoms with Gasteiger partial charge in [-0.3, -0.25) is 9.59 Å². The Bertz CT molecular complexity index is 1130. The summed E-state index contributed by atoms with van der Waals surface area (Å²) in [6.07, 6.45) is 0.614. The summed E-state index contributed by atoms with van der Waals surface area (Å²) in [4.78, 5) is 29.8. The summed E-state index contributed by atoms with van der Waals surface area (Å²) in [6.45, 7) is 3.59. The lowest BCUT2D eigenvalue weighted by Gasteiger charge is -2.43. The molecule has 4 rings (SSSR count). The number of hydrogen-bond acceptors (Lipinski definition) is 4. The molecule has 32 heavy (non-hydrogen) atoms. The first-order valence-electron chi connectivity index (χ1n) is 10.6. The molecule has 0 fully saturated rings. The maximum absolute atomic E-state index is 13.5. The van der Waals surface area contributed by atoms with E-state index in [0.717, 1.165) is 16.9 Å². The Labute approximate surface area is 188 Å². The van der Waals surface area contributed by atoms with Crippen molar-refractivity contribution in [1.29, 1.82) is 0 Å². The number of anilines is 3. The molecule has 0 spiro atoms. The molecule has 3 aromatic carbocycles. The van der Waals surface area contributed by atoms with Crippen LogP contribution in [0, 0.1) is 0 Å². The third-order valence-electron chi connectivity index (χ3n) is 5.94. The second-order valence-corrected chi connectivity index (χ2v) is 8.04. The summed E-state index contributed by atoms with van der Waals surface area (Å²) in [5, 5.41) is 0. The standard InChI is InChI=1S/C26H27N3O3/c1-17-16-25(29(18(2)30)21-12-10-20(27)11-13-21)23-6-4-5-7-24(23)28(17)26(31)19-8-14-22(32-3)15-9-19/h4-15,17,25H,16,27H2,1-3H3. The molecule has 164 valence electrons. The minimum atomic E-state index is -0.192. The van der Waals surface area contributed by atoms with Crippen molar-refractivity contribution in [1.82, 2.24) is 0 Å². The Balaban J connectivity index is 1.75. The van der Waals surface area contributed by atoms with E-state index in [9.17, 15) is 9.59 Å². The molecule has 6 nitrogen and oxygen atoms in total. The van der Waals surface area contributed by atoms with E-state index in [1.54, 1.807) is 55.3 Å². The van der Waals surface area contributed by atoms with Gasteiger partial charge in [0, 0.05) is 35.6 Å². The number of benzene rings is 3. The van der Waals surface area contributed by atoms with Crippen LogP contribution in [0.25, 0.3) is 0 Å². The summed E-state index contributed by atoms with van der Waals surface area (Å²) in [5.74, 6) is 0.568. The van der Waals surface area contributed by atoms with Gasteiger partial charge in [-0.15, -0.1) is 0 Å². The van der Waals surface area contributed by atoms with Crippen molar-refractivity contribution in [2.24, 2.45) is 0 Å². The van der Waals surface area contributed by atoms with Crippen molar-refractivity contribution in [3.05, 3.63) is 83.9 Å². The largest absolute Gasteiger partial charge is 0.497 e. The van der Waals surface area contributed by atoms with Crippen molar-refractivity contribution < 1.29 is 14.3 Å². The van der Waals surface area contributed by atoms with Crippen molar-refractivity contribution in [3.63, 3.8) is 0 Å². The molecule has 2 amide bonds. The van der Waals surface area contributed by atoms with Crippen LogP contribution in [-0.2, 0) is 4.79 Å². The van der Waals surface area contributed by atoms with Crippen molar-refractivity contribution in [2.45, 2.75) is 32.4 Å². The fraction of sp³-hybridized carbons (Fsp3) is 0.231. The highest BCUT2D eigenvalue weighted by molar-refractivity contribution is 6.07. The summed E-state index contributed by atoms with van der Waals surface area (Å²) in [6, 6.07) is 21.9. The highest BCUT2D eigenvalue weighted by Crippen LogP contribution is 2.42. The third-order valence-corrected chi connectivity index (χ3v) is 5.94. The van der Waals surface area contributed by atoms with Crippen molar-refractivity contribution in [3.8, 4) is 5.75 Å². The van der Waals surface area contributed by atoms with Gasteiger partial charge in [0.05, 0.1) is 13.2 Å². The number of rotatable bonds is 4. The highest BCUT2D eigenvalue weighted by atomic mass is 16.5. The van der Waals surface area contributed by atoms with Crippen LogP contribution in [0.1, 0.15) is 42.2 Å². The van der Waals surface area contributed by atoms with E-state index in [0.29, 0.717) is 23.4 Å². The Hall–Kier alpha value is -3.80. The zero-order valence-corrected chi connectivity index (χ0v) is 18.5. The minimum absolute atomic E-state index is 0.0586. The SMILES string of the molecule is COc1ccc(C(=O)N2c3ccccc3C(N(C(C)=O)c3ccc(N)cc3)CC2C)cc1. The normalized spacial score (nSPS) is 17.4. The molecular weight excluding hydrogens is 402 g/mol. The van der Waals surface area contributed by atoms with E-state index < -0.39 is 0 Å². The summed E-state index contributed by atoms with van der Waals surface area (Å²) < 4.78 is 5.21. The number of amides is 2. The van der Waals surface area contributed by atoms with Crippen molar-refractivity contribution in [2.75, 3.05) is 22.6 Å². The zero-order valence-electron chi connectivity index (χ0n) is 18.5. The Morgan fingerprint density at radius 1 is 1.00 bits per heavy atom. The molecule has 0 saturated heterocycles. The highest BCUT2D eigenvalue weighted by Gasteiger charge is 2.38. The van der Waals surface area contributed by atoms with Gasteiger partial charge in [0.15, 0.2) is 0 Å². The molecule has 0 saturated carbocycles. The molecule has 2 atom stereocenters. The van der Waals surface area contributed by atoms with Gasteiger partial charge in [0.25, 0.3) is 5.91 Å². The van der Waals surface area contributed by atoms with Crippen LogP contribution >= 0.6 is 0 Å². The van der Waals surface area contributed by atoms with Crippen LogP contribution in [0.4, 0.5) is 17.1 Å². The number of carbonyl (C=O) groups excluding carboxylic acids is 2. The number of methoxy groups -OCH3 is 1. The van der Waals surface area contributed by atoms with Gasteiger partial charge in [-0.1, -0.05) is 18.2 Å². The lowest BCUT2D eigenvalue weighted by molar-refractivity contribution is -0.117. The first-order valence-corrected chi connectivity index (χ1v) is 10.6. The predicted octanol–water partition coefficient (Wildman–Crippen LogP) is 4.81. The van der Waals surface area contributed by atoms with Gasteiger partial charge in [-0.2, -0.15) is 0 Å². The molecule has 0 bridgehead atoms. The lowest BCUT2D eigenvalue weighted by Crippen LogP contribution is -2.47. The molecule has 1 heterocycles.